The third-order valence-corrected chi connectivity index (χ3v) is 9.71. The van der Waals surface area contributed by atoms with E-state index in [4.69, 9.17) is 11.6 Å². The Balaban J connectivity index is 1.61. The zero-order valence-electron chi connectivity index (χ0n) is 21.3. The molecular formula is C28H42N4OS. The van der Waals surface area contributed by atoms with Crippen LogP contribution in [-0.2, 0) is 17.5 Å². The summed E-state index contributed by atoms with van der Waals surface area (Å²) < 4.78 is 15.4. The van der Waals surface area contributed by atoms with Gasteiger partial charge < -0.3 is 10.7 Å². The van der Waals surface area contributed by atoms with Crippen LogP contribution in [-0.4, -0.2) is 27.9 Å². The van der Waals surface area contributed by atoms with E-state index in [1.807, 2.05) is 13.1 Å². The van der Waals surface area contributed by atoms with Gasteiger partial charge >= 0.3 is 0 Å². The molecule has 2 aromatic rings. The molecule has 4 atom stereocenters. The van der Waals surface area contributed by atoms with Crippen molar-refractivity contribution < 1.29 is 4.21 Å². The Morgan fingerprint density at radius 2 is 1.85 bits per heavy atom. The highest BCUT2D eigenvalue weighted by Gasteiger charge is 2.32. The number of anilines is 2. The van der Waals surface area contributed by atoms with Gasteiger partial charge in [-0.15, -0.1) is 0 Å². The van der Waals surface area contributed by atoms with Crippen molar-refractivity contribution in [3.8, 4) is 0 Å². The maximum absolute atomic E-state index is 13.1. The van der Waals surface area contributed by atoms with Crippen LogP contribution in [0.3, 0.4) is 0 Å². The van der Waals surface area contributed by atoms with E-state index in [1.54, 1.807) is 5.01 Å². The lowest BCUT2D eigenvalue weighted by Gasteiger charge is -2.31. The molecule has 4 unspecified atom stereocenters. The molecule has 1 aliphatic carbocycles. The first-order valence-electron chi connectivity index (χ1n) is 12.9. The molecule has 4 rings (SSSR count). The van der Waals surface area contributed by atoms with Crippen LogP contribution in [0, 0.1) is 25.7 Å². The summed E-state index contributed by atoms with van der Waals surface area (Å²) in [5.41, 5.74) is 14.3. The Morgan fingerprint density at radius 1 is 1.12 bits per heavy atom. The fraction of sp³-hybridized carbons (Fsp3) is 0.571. The number of nitrogen functional groups attached to an aromatic ring is 1. The van der Waals surface area contributed by atoms with E-state index in [0.29, 0.717) is 5.92 Å². The molecule has 2 fully saturated rings. The van der Waals surface area contributed by atoms with Gasteiger partial charge in [-0.1, -0.05) is 50.5 Å². The van der Waals surface area contributed by atoms with Crippen molar-refractivity contribution in [3.63, 3.8) is 0 Å². The molecule has 186 valence electrons. The Morgan fingerprint density at radius 3 is 2.56 bits per heavy atom. The number of nitrogens with zero attached hydrogens (tertiary/aromatic N) is 2. The van der Waals surface area contributed by atoms with Gasteiger partial charge in [-0.25, -0.2) is 14.4 Å². The molecule has 4 N–H and O–H groups in total. The number of benzene rings is 2. The largest absolute Gasteiger partial charge is 0.397 e. The smallest absolute Gasteiger partial charge is 0.0945 e. The lowest BCUT2D eigenvalue weighted by Crippen LogP contribution is -2.32. The van der Waals surface area contributed by atoms with E-state index in [0.717, 1.165) is 54.5 Å². The Bertz CT molecular complexity index is 1040. The quantitative estimate of drug-likeness (QED) is 0.328. The molecule has 2 aliphatic rings. The highest BCUT2D eigenvalue weighted by molar-refractivity contribution is 7.82. The van der Waals surface area contributed by atoms with Crippen LogP contribution in [0.1, 0.15) is 79.2 Å². The molecule has 6 heteroatoms. The van der Waals surface area contributed by atoms with E-state index in [2.05, 4.69) is 49.3 Å². The van der Waals surface area contributed by atoms with Crippen LogP contribution in [0.25, 0.3) is 0 Å². The summed E-state index contributed by atoms with van der Waals surface area (Å²) in [6.07, 6.45) is 7.41. The van der Waals surface area contributed by atoms with Crippen molar-refractivity contribution in [1.29, 1.82) is 0 Å². The van der Waals surface area contributed by atoms with Gasteiger partial charge in [0.25, 0.3) is 0 Å². The molecule has 1 saturated carbocycles. The normalized spacial score (nSPS) is 24.3. The topological polar surface area (TPSA) is 75.6 Å². The van der Waals surface area contributed by atoms with Crippen molar-refractivity contribution in [2.75, 3.05) is 30.1 Å². The summed E-state index contributed by atoms with van der Waals surface area (Å²) in [6.45, 7) is 8.25. The number of hydrogen-bond acceptors (Lipinski definition) is 4. The molecule has 1 aliphatic heterocycles. The van der Waals surface area contributed by atoms with Crippen LogP contribution in [0.5, 0.6) is 0 Å². The minimum atomic E-state index is -0.890. The maximum Gasteiger partial charge on any atom is 0.0945 e. The third kappa shape index (κ3) is 5.19. The molecule has 0 amide bonds. The van der Waals surface area contributed by atoms with E-state index in [1.165, 1.54) is 47.9 Å². The molecule has 2 aromatic carbocycles. The van der Waals surface area contributed by atoms with Crippen LogP contribution in [0.2, 0.25) is 0 Å². The highest BCUT2D eigenvalue weighted by Crippen LogP contribution is 2.38. The first kappa shape index (κ1) is 25.2. The van der Waals surface area contributed by atoms with Gasteiger partial charge in [0, 0.05) is 31.8 Å². The summed E-state index contributed by atoms with van der Waals surface area (Å²) in [7, 11) is 0.926. The second kappa shape index (κ2) is 10.8. The van der Waals surface area contributed by atoms with Crippen molar-refractivity contribution in [2.24, 2.45) is 17.7 Å². The minimum absolute atomic E-state index is 0.260. The second-order valence-corrected chi connectivity index (χ2v) is 12.0. The van der Waals surface area contributed by atoms with Crippen LogP contribution < -0.4 is 16.6 Å². The zero-order valence-corrected chi connectivity index (χ0v) is 22.2. The van der Waals surface area contributed by atoms with Gasteiger partial charge in [-0.05, 0) is 78.8 Å². The van der Waals surface area contributed by atoms with Gasteiger partial charge in [0.15, 0.2) is 0 Å². The number of nitrogens with two attached hydrogens (primary N) is 2. The summed E-state index contributed by atoms with van der Waals surface area (Å²) in [5.74, 6) is 8.52. The van der Waals surface area contributed by atoms with E-state index >= 15 is 0 Å². The fourth-order valence-electron chi connectivity index (χ4n) is 6.09. The van der Waals surface area contributed by atoms with Crippen molar-refractivity contribution in [3.05, 3.63) is 58.1 Å². The van der Waals surface area contributed by atoms with Gasteiger partial charge in [-0.3, -0.25) is 0 Å². The first-order chi connectivity index (χ1) is 16.3. The second-order valence-electron chi connectivity index (χ2n) is 10.4. The number of hydrogen-bond donors (Lipinski definition) is 2. The van der Waals surface area contributed by atoms with E-state index < -0.39 is 11.0 Å². The molecule has 1 heterocycles. The summed E-state index contributed by atoms with van der Waals surface area (Å²) >= 11 is 0. The SMILES string of the molecule is CCC(c1ccc(C)c(CN2CC3CCCCC3CCS2=O)c1)c1ccc(N(C)N)c(N)c1C. The standard InChI is InChI=1S/C28H42N4OS/c1-5-25(26-12-13-27(31(4)30)28(29)20(26)3)22-11-10-19(2)24(16-22)18-32-17-23-9-7-6-8-21(23)14-15-34(32)33/h10-13,16,21,23,25H,5-9,14-15,17-18,29-30H2,1-4H3. The Kier molecular flexibility index (Phi) is 8.01. The lowest BCUT2D eigenvalue weighted by molar-refractivity contribution is 0.203. The monoisotopic (exact) mass is 482 g/mol. The third-order valence-electron chi connectivity index (χ3n) is 8.28. The average molecular weight is 483 g/mol. The van der Waals surface area contributed by atoms with Crippen LogP contribution in [0.15, 0.2) is 30.3 Å². The molecule has 5 nitrogen and oxygen atoms in total. The van der Waals surface area contributed by atoms with Crippen molar-refractivity contribution >= 4 is 22.4 Å². The number of aryl methyl sites for hydroxylation is 1. The summed E-state index contributed by atoms with van der Waals surface area (Å²) in [6, 6.07) is 11.0. The van der Waals surface area contributed by atoms with Gasteiger partial charge in [-0.2, -0.15) is 0 Å². The number of rotatable bonds is 6. The van der Waals surface area contributed by atoms with Gasteiger partial charge in [0.1, 0.15) is 0 Å². The molecule has 0 aromatic heterocycles. The number of fused-ring (bicyclic) bond motifs is 1. The first-order valence-corrected chi connectivity index (χ1v) is 14.2. The van der Waals surface area contributed by atoms with Crippen molar-refractivity contribution in [1.82, 2.24) is 4.31 Å². The number of hydrazine groups is 1. The molecule has 0 radical (unpaired) electrons. The lowest BCUT2D eigenvalue weighted by atomic mass is 9.78. The van der Waals surface area contributed by atoms with Gasteiger partial charge in [0.2, 0.25) is 0 Å². The molecule has 34 heavy (non-hydrogen) atoms. The highest BCUT2D eigenvalue weighted by atomic mass is 32.2. The Hall–Kier alpha value is -1.89. The van der Waals surface area contributed by atoms with Crippen LogP contribution >= 0.6 is 0 Å². The molecular weight excluding hydrogens is 440 g/mol. The predicted molar refractivity (Wildman–Crippen MR) is 145 cm³/mol. The minimum Gasteiger partial charge on any atom is -0.397 e. The van der Waals surface area contributed by atoms with Crippen molar-refractivity contribution in [2.45, 2.75) is 71.8 Å². The summed E-state index contributed by atoms with van der Waals surface area (Å²) in [4.78, 5) is 0. The molecule has 0 bridgehead atoms. The maximum atomic E-state index is 13.1. The summed E-state index contributed by atoms with van der Waals surface area (Å²) in [5, 5.41) is 1.58. The average Bonchev–Trinajstić information content (AvgIpc) is 2.97. The van der Waals surface area contributed by atoms with E-state index in [-0.39, 0.29) is 5.92 Å². The van der Waals surface area contributed by atoms with Crippen LogP contribution in [0.4, 0.5) is 11.4 Å². The molecule has 0 spiro atoms. The van der Waals surface area contributed by atoms with Gasteiger partial charge in [0.05, 0.1) is 22.4 Å². The Labute approximate surface area is 208 Å². The fourth-order valence-corrected chi connectivity index (χ4v) is 7.49. The molecule has 1 saturated heterocycles. The predicted octanol–water partition coefficient (Wildman–Crippen LogP) is 5.41. The van der Waals surface area contributed by atoms with E-state index in [9.17, 15) is 4.21 Å². The zero-order chi connectivity index (χ0) is 24.4.